The highest BCUT2D eigenvalue weighted by Gasteiger charge is 2.31. The second-order valence-electron chi connectivity index (χ2n) is 7.42. The number of rotatable bonds is 9. The lowest BCUT2D eigenvalue weighted by molar-refractivity contribution is -0.144. The van der Waals surface area contributed by atoms with Gasteiger partial charge in [0.2, 0.25) is 5.91 Å². The van der Waals surface area contributed by atoms with Crippen molar-refractivity contribution in [1.29, 1.82) is 0 Å². The van der Waals surface area contributed by atoms with Gasteiger partial charge in [0.15, 0.2) is 0 Å². The van der Waals surface area contributed by atoms with E-state index < -0.39 is 43.4 Å². The molecule has 1 atom stereocenters. The molecule has 0 aliphatic heterocycles. The van der Waals surface area contributed by atoms with Gasteiger partial charge >= 0.3 is 12.1 Å². The zero-order valence-corrected chi connectivity index (χ0v) is 17.5. The van der Waals surface area contributed by atoms with Gasteiger partial charge in [-0.05, 0) is 29.2 Å². The number of ether oxygens (including phenoxy) is 1. The van der Waals surface area contributed by atoms with Gasteiger partial charge in [0.05, 0.1) is 6.42 Å². The van der Waals surface area contributed by atoms with Gasteiger partial charge < -0.3 is 20.1 Å². The fourth-order valence-corrected chi connectivity index (χ4v) is 3.85. The number of likely N-dealkylation sites (N-methyl/N-ethyl adjacent to an activating group) is 1. The third kappa shape index (κ3) is 5.22. The Kier molecular flexibility index (Phi) is 7.40. The van der Waals surface area contributed by atoms with E-state index in [0.717, 1.165) is 27.2 Å². The number of hydrogen-bond acceptors (Lipinski definition) is 4. The topological polar surface area (TPSA) is 95.9 Å². The van der Waals surface area contributed by atoms with Gasteiger partial charge in [0, 0.05) is 12.5 Å². The summed E-state index contributed by atoms with van der Waals surface area (Å²) in [6.45, 7) is 0.934. The van der Waals surface area contributed by atoms with E-state index in [4.69, 9.17) is 9.84 Å². The maximum atomic E-state index is 13.4. The summed E-state index contributed by atoms with van der Waals surface area (Å²) in [5.74, 6) is -2.27. The smallest absolute Gasteiger partial charge is 0.407 e. The highest BCUT2D eigenvalue weighted by Crippen LogP contribution is 2.44. The van der Waals surface area contributed by atoms with Crippen LogP contribution in [0, 0.1) is 0 Å². The van der Waals surface area contributed by atoms with E-state index in [1.165, 1.54) is 6.92 Å². The van der Waals surface area contributed by atoms with Gasteiger partial charge in [-0.3, -0.25) is 9.59 Å². The Balaban J connectivity index is 1.63. The molecule has 1 unspecified atom stereocenters. The first-order valence-electron chi connectivity index (χ1n) is 10.2. The Morgan fingerprint density at radius 1 is 1.06 bits per heavy atom. The Hall–Kier alpha value is -3.49. The first-order valence-corrected chi connectivity index (χ1v) is 10.2. The minimum Gasteiger partial charge on any atom is -0.480 e. The molecule has 2 aromatic carbocycles. The number of nitrogens with zero attached hydrogens (tertiary/aromatic N) is 1. The van der Waals surface area contributed by atoms with Crippen LogP contribution in [0.3, 0.4) is 0 Å². The van der Waals surface area contributed by atoms with Crippen molar-refractivity contribution in [2.45, 2.75) is 31.7 Å². The normalized spacial score (nSPS) is 13.2. The maximum Gasteiger partial charge on any atom is 0.407 e. The molecule has 0 bridgehead atoms. The molecule has 0 heterocycles. The van der Waals surface area contributed by atoms with E-state index in [-0.39, 0.29) is 19.1 Å². The van der Waals surface area contributed by atoms with Crippen LogP contribution in [0.15, 0.2) is 48.5 Å². The molecular weight excluding hydrogens is 422 g/mol. The minimum absolute atomic E-state index is 0.0477. The van der Waals surface area contributed by atoms with Crippen LogP contribution in [0.1, 0.15) is 30.4 Å². The van der Waals surface area contributed by atoms with Crippen LogP contribution in [-0.4, -0.2) is 60.1 Å². The highest BCUT2D eigenvalue weighted by molar-refractivity contribution is 5.82. The number of hydrogen-bond donors (Lipinski definition) is 2. The van der Waals surface area contributed by atoms with Gasteiger partial charge in [0.1, 0.15) is 19.2 Å². The second kappa shape index (κ2) is 10.2. The highest BCUT2D eigenvalue weighted by atomic mass is 19.3. The largest absolute Gasteiger partial charge is 0.480 e. The molecule has 2 amide bonds. The van der Waals surface area contributed by atoms with E-state index >= 15 is 0 Å². The zero-order chi connectivity index (χ0) is 23.3. The number of carbonyl (C=O) groups excluding carboxylic acids is 2. The lowest BCUT2D eigenvalue weighted by Crippen LogP contribution is -2.45. The third-order valence-electron chi connectivity index (χ3n) is 5.41. The summed E-state index contributed by atoms with van der Waals surface area (Å²) < 4.78 is 32.1. The third-order valence-corrected chi connectivity index (χ3v) is 5.41. The summed E-state index contributed by atoms with van der Waals surface area (Å²) in [5.41, 5.74) is 4.03. The van der Waals surface area contributed by atoms with Crippen molar-refractivity contribution < 1.29 is 33.0 Å². The number of aliphatic carboxylic acids is 1. The fourth-order valence-electron chi connectivity index (χ4n) is 3.85. The molecule has 0 fully saturated rings. The summed E-state index contributed by atoms with van der Waals surface area (Å²) in [6.07, 6.45) is -4.82. The summed E-state index contributed by atoms with van der Waals surface area (Å²) in [7, 11) is 0. The molecule has 2 aromatic rings. The van der Waals surface area contributed by atoms with Crippen molar-refractivity contribution in [1.82, 2.24) is 10.2 Å². The van der Waals surface area contributed by atoms with Gasteiger partial charge in [-0.2, -0.15) is 0 Å². The van der Waals surface area contributed by atoms with E-state index in [0.29, 0.717) is 0 Å². The first kappa shape index (κ1) is 23.2. The molecule has 0 saturated carbocycles. The molecule has 3 rings (SSSR count). The molecule has 9 heteroatoms. The molecular formula is C23H24F2N2O5. The molecule has 0 spiro atoms. The van der Waals surface area contributed by atoms with Crippen molar-refractivity contribution in [2.75, 3.05) is 19.7 Å². The first-order chi connectivity index (χ1) is 15.3. The summed E-state index contributed by atoms with van der Waals surface area (Å²) in [5, 5.41) is 10.9. The summed E-state index contributed by atoms with van der Waals surface area (Å²) >= 11 is 0. The number of carboxylic acid groups (broad SMARTS) is 1. The van der Waals surface area contributed by atoms with E-state index in [9.17, 15) is 23.2 Å². The number of carbonyl (C=O) groups is 3. The zero-order valence-electron chi connectivity index (χ0n) is 17.5. The van der Waals surface area contributed by atoms with Gasteiger partial charge in [-0.1, -0.05) is 48.5 Å². The quantitative estimate of drug-likeness (QED) is 0.615. The Morgan fingerprint density at radius 2 is 1.62 bits per heavy atom. The molecule has 1 aliphatic carbocycles. The SMILES string of the molecule is CCN(CC(=O)O)C(=O)CC(NC(=O)OCC1c2ccccc2-c2ccccc21)C(F)F. The molecule has 170 valence electrons. The van der Waals surface area contributed by atoms with Crippen molar-refractivity contribution in [3.8, 4) is 11.1 Å². The average molecular weight is 446 g/mol. The lowest BCUT2D eigenvalue weighted by atomic mass is 9.98. The number of carboxylic acids is 1. The van der Waals surface area contributed by atoms with Crippen LogP contribution in [0.2, 0.25) is 0 Å². The van der Waals surface area contributed by atoms with Crippen LogP contribution in [-0.2, 0) is 14.3 Å². The molecule has 7 nitrogen and oxygen atoms in total. The van der Waals surface area contributed by atoms with Crippen molar-refractivity contribution in [3.05, 3.63) is 59.7 Å². The number of alkyl halides is 2. The Bertz CT molecular complexity index is 952. The van der Waals surface area contributed by atoms with Crippen LogP contribution in [0.4, 0.5) is 13.6 Å². The van der Waals surface area contributed by atoms with Gasteiger partial charge in [-0.15, -0.1) is 0 Å². The van der Waals surface area contributed by atoms with Crippen LogP contribution < -0.4 is 5.32 Å². The minimum atomic E-state index is -3.03. The van der Waals surface area contributed by atoms with E-state index in [1.54, 1.807) is 0 Å². The second-order valence-corrected chi connectivity index (χ2v) is 7.42. The maximum absolute atomic E-state index is 13.4. The van der Waals surface area contributed by atoms with Crippen LogP contribution in [0.25, 0.3) is 11.1 Å². The lowest BCUT2D eigenvalue weighted by Gasteiger charge is -2.23. The number of amides is 2. The van der Waals surface area contributed by atoms with Gasteiger partial charge in [0.25, 0.3) is 6.43 Å². The number of benzene rings is 2. The molecule has 32 heavy (non-hydrogen) atoms. The van der Waals surface area contributed by atoms with Crippen LogP contribution in [0.5, 0.6) is 0 Å². The molecule has 1 aliphatic rings. The van der Waals surface area contributed by atoms with Crippen molar-refractivity contribution in [3.63, 3.8) is 0 Å². The van der Waals surface area contributed by atoms with Crippen molar-refractivity contribution >= 4 is 18.0 Å². The predicted molar refractivity (Wildman–Crippen MR) is 113 cm³/mol. The Labute approximate surface area is 184 Å². The standard InChI is InChI=1S/C23H24F2N2O5/c1-2-27(12-21(29)30)20(28)11-19(22(24)25)26-23(31)32-13-18-16-9-5-3-7-14(16)15-8-4-6-10-17(15)18/h3-10,18-19,22H,2,11-13H2,1H3,(H,26,31)(H,29,30). The van der Waals surface area contributed by atoms with Gasteiger partial charge in [-0.25, -0.2) is 13.6 Å². The number of alkyl carbamates (subject to hydrolysis) is 1. The number of nitrogens with one attached hydrogen (secondary N) is 1. The Morgan fingerprint density at radius 3 is 2.12 bits per heavy atom. The van der Waals surface area contributed by atoms with Crippen LogP contribution >= 0.6 is 0 Å². The molecule has 0 aromatic heterocycles. The van der Waals surface area contributed by atoms with Crippen molar-refractivity contribution in [2.24, 2.45) is 0 Å². The summed E-state index contributed by atoms with van der Waals surface area (Å²) in [4.78, 5) is 36.2. The number of halogens is 2. The number of fused-ring (bicyclic) bond motifs is 3. The molecule has 2 N–H and O–H groups in total. The van der Waals surface area contributed by atoms with E-state index in [2.05, 4.69) is 0 Å². The van der Waals surface area contributed by atoms with E-state index in [1.807, 2.05) is 53.8 Å². The summed E-state index contributed by atoms with van der Waals surface area (Å²) in [6, 6.07) is 13.6. The predicted octanol–water partition coefficient (Wildman–Crippen LogP) is 3.48. The average Bonchev–Trinajstić information content (AvgIpc) is 3.09. The molecule has 0 radical (unpaired) electrons. The molecule has 0 saturated heterocycles. The monoisotopic (exact) mass is 446 g/mol. The fraction of sp³-hybridized carbons (Fsp3) is 0.348.